The number of carboxylic acids is 1. The quantitative estimate of drug-likeness (QED) is 0.754. The van der Waals surface area contributed by atoms with E-state index in [1.807, 2.05) is 0 Å². The van der Waals surface area contributed by atoms with Crippen molar-refractivity contribution in [2.24, 2.45) is 0 Å². The first-order valence-corrected chi connectivity index (χ1v) is 8.44. The molecule has 1 aromatic heterocycles. The van der Waals surface area contributed by atoms with Gasteiger partial charge in [0.05, 0.1) is 30.5 Å². The third-order valence-electron chi connectivity index (χ3n) is 4.44. The highest BCUT2D eigenvalue weighted by molar-refractivity contribution is 5.87. The third kappa shape index (κ3) is 4.23. The number of halogens is 4. The molecule has 0 saturated heterocycles. The zero-order chi connectivity index (χ0) is 21.2. The van der Waals surface area contributed by atoms with Gasteiger partial charge in [-0.3, -0.25) is 4.98 Å². The summed E-state index contributed by atoms with van der Waals surface area (Å²) in [6.45, 7) is -0.231. The van der Waals surface area contributed by atoms with Crippen LogP contribution in [-0.2, 0) is 15.7 Å². The molecule has 1 N–H and O–H groups in total. The Bertz CT molecular complexity index is 968. The first kappa shape index (κ1) is 20.4. The Hall–Kier alpha value is -3.36. The van der Waals surface area contributed by atoms with Crippen molar-refractivity contribution in [1.29, 1.82) is 0 Å². The van der Waals surface area contributed by atoms with Gasteiger partial charge in [-0.15, -0.1) is 0 Å². The van der Waals surface area contributed by atoms with E-state index >= 15 is 0 Å². The van der Waals surface area contributed by atoms with Crippen LogP contribution in [0.5, 0.6) is 0 Å². The van der Waals surface area contributed by atoms with Crippen LogP contribution in [0.3, 0.4) is 0 Å². The molecule has 0 bridgehead atoms. The van der Waals surface area contributed by atoms with Gasteiger partial charge in [0, 0.05) is 6.20 Å². The molecule has 0 fully saturated rings. The fraction of sp³-hybridized carbons (Fsp3) is 0.200. The van der Waals surface area contributed by atoms with E-state index in [0.717, 1.165) is 18.2 Å². The van der Waals surface area contributed by atoms with E-state index in [4.69, 9.17) is 4.74 Å². The number of nitrogens with zero attached hydrogens (tertiary/aromatic N) is 2. The molecular weight excluding hydrogens is 392 g/mol. The lowest BCUT2D eigenvalue weighted by Gasteiger charge is -2.36. The summed E-state index contributed by atoms with van der Waals surface area (Å²) in [4.78, 5) is 16.8. The molecule has 152 valence electrons. The Morgan fingerprint density at radius 1 is 1.21 bits per heavy atom. The summed E-state index contributed by atoms with van der Waals surface area (Å²) in [7, 11) is 1.32. The first-order valence-electron chi connectivity index (χ1n) is 8.44. The predicted octanol–water partition coefficient (Wildman–Crippen LogP) is 4.14. The maximum absolute atomic E-state index is 13.7. The third-order valence-corrected chi connectivity index (χ3v) is 4.44. The Kier molecular flexibility index (Phi) is 5.58. The maximum Gasteiger partial charge on any atom is 0.418 e. The molecule has 0 aliphatic carbocycles. The van der Waals surface area contributed by atoms with Crippen LogP contribution in [0.25, 0.3) is 0 Å². The lowest BCUT2D eigenvalue weighted by atomic mass is 9.96. The van der Waals surface area contributed by atoms with Gasteiger partial charge in [-0.25, -0.2) is 9.18 Å². The van der Waals surface area contributed by atoms with E-state index < -0.39 is 29.6 Å². The van der Waals surface area contributed by atoms with E-state index in [-0.39, 0.29) is 23.7 Å². The number of alkyl halides is 3. The fourth-order valence-electron chi connectivity index (χ4n) is 3.13. The predicted molar refractivity (Wildman–Crippen MR) is 95.0 cm³/mol. The molecule has 0 radical (unpaired) electrons. The number of carboxylic acid groups (broad SMARTS) is 1. The minimum Gasteiger partial charge on any atom is -0.482 e. The molecule has 0 saturated carbocycles. The SMILES string of the molecule is COC1=CC=C(C(=O)O)CN1[C@@H](c1ccc(F)cc1)c1ncccc1C(F)(F)F. The second-order valence-corrected chi connectivity index (χ2v) is 6.22. The topological polar surface area (TPSA) is 62.7 Å². The van der Waals surface area contributed by atoms with Gasteiger partial charge in [-0.2, -0.15) is 13.2 Å². The highest BCUT2D eigenvalue weighted by atomic mass is 19.4. The van der Waals surface area contributed by atoms with Crippen LogP contribution in [0.2, 0.25) is 0 Å². The van der Waals surface area contributed by atoms with Gasteiger partial charge in [-0.1, -0.05) is 12.1 Å². The molecule has 0 unspecified atom stereocenters. The maximum atomic E-state index is 13.7. The molecule has 1 aliphatic rings. The molecule has 9 heteroatoms. The van der Waals surface area contributed by atoms with Crippen LogP contribution in [-0.4, -0.2) is 34.6 Å². The lowest BCUT2D eigenvalue weighted by Crippen LogP contribution is -2.36. The number of ether oxygens (including phenoxy) is 1. The minimum absolute atomic E-state index is 0.0394. The molecule has 2 heterocycles. The number of hydrogen-bond acceptors (Lipinski definition) is 4. The van der Waals surface area contributed by atoms with Crippen molar-refractivity contribution >= 4 is 5.97 Å². The van der Waals surface area contributed by atoms with Gasteiger partial charge in [-0.05, 0) is 42.0 Å². The normalized spacial score (nSPS) is 15.4. The summed E-state index contributed by atoms with van der Waals surface area (Å²) in [5, 5.41) is 9.35. The molecule has 2 aromatic rings. The van der Waals surface area contributed by atoms with E-state index in [1.165, 1.54) is 48.6 Å². The van der Waals surface area contributed by atoms with Crippen molar-refractivity contribution in [2.45, 2.75) is 12.2 Å². The molecule has 0 spiro atoms. The highest BCUT2D eigenvalue weighted by Gasteiger charge is 2.39. The number of aliphatic carboxylic acids is 1. The summed E-state index contributed by atoms with van der Waals surface area (Å²) >= 11 is 0. The fourth-order valence-corrected chi connectivity index (χ4v) is 3.13. The summed E-state index contributed by atoms with van der Waals surface area (Å²) in [6, 6.07) is 5.80. The number of rotatable bonds is 5. The molecule has 1 atom stereocenters. The zero-order valence-corrected chi connectivity index (χ0v) is 15.2. The van der Waals surface area contributed by atoms with Crippen molar-refractivity contribution in [2.75, 3.05) is 13.7 Å². The molecule has 5 nitrogen and oxygen atoms in total. The van der Waals surface area contributed by atoms with Gasteiger partial charge < -0.3 is 14.7 Å². The highest BCUT2D eigenvalue weighted by Crippen LogP contribution is 2.40. The van der Waals surface area contributed by atoms with E-state index in [0.29, 0.717) is 5.56 Å². The van der Waals surface area contributed by atoms with Crippen molar-refractivity contribution in [3.8, 4) is 0 Å². The number of methoxy groups -OCH3 is 1. The van der Waals surface area contributed by atoms with Gasteiger partial charge >= 0.3 is 12.1 Å². The second kappa shape index (κ2) is 7.94. The Balaban J connectivity index is 2.21. The van der Waals surface area contributed by atoms with Crippen molar-refractivity contribution in [3.63, 3.8) is 0 Å². The lowest BCUT2D eigenvalue weighted by molar-refractivity contribution is -0.139. The number of aromatic nitrogens is 1. The Labute approximate surface area is 163 Å². The van der Waals surface area contributed by atoms with E-state index in [9.17, 15) is 27.5 Å². The minimum atomic E-state index is -4.69. The largest absolute Gasteiger partial charge is 0.482 e. The summed E-state index contributed by atoms with van der Waals surface area (Å²) < 4.78 is 59.7. The Morgan fingerprint density at radius 2 is 1.90 bits per heavy atom. The molecule has 3 rings (SSSR count). The number of hydrogen-bond donors (Lipinski definition) is 1. The van der Waals surface area contributed by atoms with Crippen molar-refractivity contribution in [3.05, 3.63) is 88.8 Å². The smallest absolute Gasteiger partial charge is 0.418 e. The summed E-state index contributed by atoms with van der Waals surface area (Å²) in [6.07, 6.45) is -0.794. The average Bonchev–Trinajstić information content (AvgIpc) is 2.69. The molecule has 0 amide bonds. The number of benzene rings is 1. The average molecular weight is 408 g/mol. The monoisotopic (exact) mass is 408 g/mol. The van der Waals surface area contributed by atoms with Crippen molar-refractivity contribution in [1.82, 2.24) is 9.88 Å². The molecule has 29 heavy (non-hydrogen) atoms. The van der Waals surface area contributed by atoms with Crippen LogP contribution < -0.4 is 0 Å². The van der Waals surface area contributed by atoms with Crippen LogP contribution >= 0.6 is 0 Å². The number of pyridine rings is 1. The standard InChI is InChI=1S/C20H16F4N2O3/c1-29-16-9-6-13(19(27)28)11-26(16)18(12-4-7-14(21)8-5-12)17-15(20(22,23)24)3-2-10-25-17/h2-10,18H,11H2,1H3,(H,27,28)/t18-/m0/s1. The summed E-state index contributed by atoms with van der Waals surface area (Å²) in [5.74, 6) is -1.61. The van der Waals surface area contributed by atoms with Crippen LogP contribution in [0.4, 0.5) is 17.6 Å². The molecular formula is C20H16F4N2O3. The summed E-state index contributed by atoms with van der Waals surface area (Å²) in [5.41, 5.74) is -1.06. The van der Waals surface area contributed by atoms with Gasteiger partial charge in [0.25, 0.3) is 0 Å². The number of allylic oxidation sites excluding steroid dienone is 2. The van der Waals surface area contributed by atoms with Crippen LogP contribution in [0.1, 0.15) is 22.9 Å². The van der Waals surface area contributed by atoms with E-state index in [2.05, 4.69) is 4.98 Å². The molecule has 1 aliphatic heterocycles. The number of carbonyl (C=O) groups is 1. The van der Waals surface area contributed by atoms with Crippen LogP contribution in [0.15, 0.2) is 66.2 Å². The van der Waals surface area contributed by atoms with Gasteiger partial charge in [0.15, 0.2) is 5.88 Å². The van der Waals surface area contributed by atoms with Gasteiger partial charge in [0.2, 0.25) is 0 Å². The van der Waals surface area contributed by atoms with Crippen LogP contribution in [0, 0.1) is 5.82 Å². The zero-order valence-electron chi connectivity index (χ0n) is 15.2. The second-order valence-electron chi connectivity index (χ2n) is 6.22. The van der Waals surface area contributed by atoms with Gasteiger partial charge in [0.1, 0.15) is 11.9 Å². The van der Waals surface area contributed by atoms with E-state index in [1.54, 1.807) is 0 Å². The Morgan fingerprint density at radius 3 is 2.48 bits per heavy atom. The molecule has 1 aromatic carbocycles. The first-order chi connectivity index (χ1) is 13.7. The van der Waals surface area contributed by atoms with Crippen molar-refractivity contribution < 1.29 is 32.2 Å².